The smallest absolute Gasteiger partial charge is 0.251 e. The average Bonchev–Trinajstić information content (AvgIpc) is 2.39. The predicted octanol–water partition coefficient (Wildman–Crippen LogP) is 0.427. The van der Waals surface area contributed by atoms with Gasteiger partial charge in [0.2, 0.25) is 5.91 Å². The molecular weight excluding hydrogens is 264 g/mol. The first-order chi connectivity index (χ1) is 8.16. The topological polar surface area (TPSA) is 35.6 Å². The van der Waals surface area contributed by atoms with E-state index in [0.717, 1.165) is 19.5 Å². The van der Waals surface area contributed by atoms with E-state index in [1.807, 2.05) is 4.90 Å². The number of nitrogens with zero attached hydrogens (tertiary/aromatic N) is 2. The Balaban J connectivity index is 0.00000162. The fourth-order valence-corrected chi connectivity index (χ4v) is 2.29. The standard InChI is InChI=1S/C11H19F2N3O.ClH/c12-10(13)8-15-2-1-3-16(5-4-15)11(17)9-6-14-7-9;/h9-10,14H,1-8H2;1H. The summed E-state index contributed by atoms with van der Waals surface area (Å²) in [6.07, 6.45) is -1.49. The fraction of sp³-hybridized carbons (Fsp3) is 0.909. The number of alkyl halides is 2. The van der Waals surface area contributed by atoms with Crippen molar-refractivity contribution in [2.45, 2.75) is 12.8 Å². The van der Waals surface area contributed by atoms with Crippen LogP contribution in [0.2, 0.25) is 0 Å². The first-order valence-corrected chi connectivity index (χ1v) is 6.17. The second kappa shape index (κ2) is 7.21. The summed E-state index contributed by atoms with van der Waals surface area (Å²) in [6.45, 7) is 3.86. The Morgan fingerprint density at radius 2 is 1.94 bits per heavy atom. The van der Waals surface area contributed by atoms with Crippen molar-refractivity contribution >= 4 is 18.3 Å². The zero-order valence-corrected chi connectivity index (χ0v) is 11.1. The van der Waals surface area contributed by atoms with Gasteiger partial charge in [-0.2, -0.15) is 0 Å². The summed E-state index contributed by atoms with van der Waals surface area (Å²) < 4.78 is 24.5. The molecule has 0 radical (unpaired) electrons. The molecule has 7 heteroatoms. The zero-order chi connectivity index (χ0) is 12.3. The van der Waals surface area contributed by atoms with E-state index in [-0.39, 0.29) is 30.8 Å². The van der Waals surface area contributed by atoms with E-state index >= 15 is 0 Å². The van der Waals surface area contributed by atoms with E-state index in [1.165, 1.54) is 0 Å². The van der Waals surface area contributed by atoms with Gasteiger partial charge in [0.1, 0.15) is 0 Å². The summed E-state index contributed by atoms with van der Waals surface area (Å²) >= 11 is 0. The van der Waals surface area contributed by atoms with Crippen LogP contribution in [-0.2, 0) is 4.79 Å². The van der Waals surface area contributed by atoms with Gasteiger partial charge in [-0.3, -0.25) is 9.69 Å². The first-order valence-electron chi connectivity index (χ1n) is 6.17. The number of hydrogen-bond donors (Lipinski definition) is 1. The Morgan fingerprint density at radius 1 is 1.22 bits per heavy atom. The second-order valence-electron chi connectivity index (χ2n) is 4.73. The van der Waals surface area contributed by atoms with Crippen molar-refractivity contribution in [1.29, 1.82) is 0 Å². The lowest BCUT2D eigenvalue weighted by atomic mass is 10.0. The highest BCUT2D eigenvalue weighted by atomic mass is 35.5. The number of carbonyl (C=O) groups is 1. The largest absolute Gasteiger partial charge is 0.341 e. The lowest BCUT2D eigenvalue weighted by Gasteiger charge is -2.31. The lowest BCUT2D eigenvalue weighted by molar-refractivity contribution is -0.136. The minimum Gasteiger partial charge on any atom is -0.341 e. The summed E-state index contributed by atoms with van der Waals surface area (Å²) in [6, 6.07) is 0. The van der Waals surface area contributed by atoms with Crippen LogP contribution in [-0.4, -0.2) is 67.9 Å². The van der Waals surface area contributed by atoms with E-state index in [4.69, 9.17) is 0 Å². The fourth-order valence-electron chi connectivity index (χ4n) is 2.29. The van der Waals surface area contributed by atoms with Gasteiger partial charge in [0.25, 0.3) is 6.43 Å². The monoisotopic (exact) mass is 283 g/mol. The molecule has 2 aliphatic heterocycles. The van der Waals surface area contributed by atoms with Gasteiger partial charge in [-0.25, -0.2) is 8.78 Å². The minimum atomic E-state index is -2.28. The highest BCUT2D eigenvalue weighted by Crippen LogP contribution is 2.12. The minimum absolute atomic E-state index is 0. The molecule has 2 heterocycles. The van der Waals surface area contributed by atoms with Crippen LogP contribution in [0, 0.1) is 5.92 Å². The summed E-state index contributed by atoms with van der Waals surface area (Å²) in [5.74, 6) is 0.291. The van der Waals surface area contributed by atoms with Crippen LogP contribution < -0.4 is 5.32 Å². The Bertz CT molecular complexity index is 277. The van der Waals surface area contributed by atoms with Gasteiger partial charge < -0.3 is 10.2 Å². The number of nitrogens with one attached hydrogen (secondary N) is 1. The summed E-state index contributed by atoms with van der Waals surface area (Å²) in [4.78, 5) is 15.6. The molecule has 4 nitrogen and oxygen atoms in total. The highest BCUT2D eigenvalue weighted by Gasteiger charge is 2.30. The van der Waals surface area contributed by atoms with Crippen molar-refractivity contribution in [3.05, 3.63) is 0 Å². The molecule has 18 heavy (non-hydrogen) atoms. The van der Waals surface area contributed by atoms with Gasteiger partial charge in [0, 0.05) is 39.3 Å². The normalized spacial score (nSPS) is 22.3. The van der Waals surface area contributed by atoms with Gasteiger partial charge >= 0.3 is 0 Å². The Morgan fingerprint density at radius 3 is 2.50 bits per heavy atom. The Kier molecular flexibility index (Phi) is 6.25. The molecule has 0 aromatic carbocycles. The molecule has 0 spiro atoms. The zero-order valence-electron chi connectivity index (χ0n) is 10.3. The SMILES string of the molecule is Cl.O=C(C1CNC1)N1CCCN(CC(F)F)CC1. The lowest BCUT2D eigenvalue weighted by Crippen LogP contribution is -2.52. The average molecular weight is 284 g/mol. The summed E-state index contributed by atoms with van der Waals surface area (Å²) in [7, 11) is 0. The van der Waals surface area contributed by atoms with Gasteiger partial charge in [-0.1, -0.05) is 0 Å². The van der Waals surface area contributed by atoms with Crippen LogP contribution in [0.1, 0.15) is 6.42 Å². The third kappa shape index (κ3) is 4.03. The molecule has 2 fully saturated rings. The third-order valence-electron chi connectivity index (χ3n) is 3.43. The van der Waals surface area contributed by atoms with E-state index in [2.05, 4.69) is 5.32 Å². The van der Waals surface area contributed by atoms with Crippen molar-refractivity contribution in [3.63, 3.8) is 0 Å². The molecule has 2 saturated heterocycles. The van der Waals surface area contributed by atoms with Crippen molar-refractivity contribution in [1.82, 2.24) is 15.1 Å². The molecule has 1 amide bonds. The number of hydrogen-bond acceptors (Lipinski definition) is 3. The second-order valence-corrected chi connectivity index (χ2v) is 4.73. The quantitative estimate of drug-likeness (QED) is 0.816. The molecule has 0 aromatic heterocycles. The molecule has 0 bridgehead atoms. The van der Waals surface area contributed by atoms with E-state index < -0.39 is 6.43 Å². The van der Waals surface area contributed by atoms with Gasteiger partial charge in [-0.15, -0.1) is 12.4 Å². The van der Waals surface area contributed by atoms with Crippen LogP contribution in [0.15, 0.2) is 0 Å². The molecule has 0 aromatic rings. The summed E-state index contributed by atoms with van der Waals surface area (Å²) in [5, 5.41) is 3.07. The Hall–Kier alpha value is -0.460. The van der Waals surface area contributed by atoms with Crippen LogP contribution in [0.3, 0.4) is 0 Å². The number of rotatable bonds is 3. The van der Waals surface area contributed by atoms with E-state index in [0.29, 0.717) is 26.2 Å². The van der Waals surface area contributed by atoms with Crippen LogP contribution in [0.25, 0.3) is 0 Å². The number of carbonyl (C=O) groups excluding carboxylic acids is 1. The molecular formula is C11H20ClF2N3O. The first kappa shape index (κ1) is 15.6. The Labute approximate surface area is 112 Å². The van der Waals surface area contributed by atoms with E-state index in [9.17, 15) is 13.6 Å². The van der Waals surface area contributed by atoms with Crippen molar-refractivity contribution < 1.29 is 13.6 Å². The van der Waals surface area contributed by atoms with Crippen LogP contribution in [0.4, 0.5) is 8.78 Å². The third-order valence-corrected chi connectivity index (χ3v) is 3.43. The molecule has 0 aliphatic carbocycles. The predicted molar refractivity (Wildman–Crippen MR) is 67.2 cm³/mol. The van der Waals surface area contributed by atoms with E-state index in [1.54, 1.807) is 4.90 Å². The van der Waals surface area contributed by atoms with Crippen molar-refractivity contribution in [3.8, 4) is 0 Å². The molecule has 0 atom stereocenters. The maximum absolute atomic E-state index is 12.3. The molecule has 0 saturated carbocycles. The van der Waals surface area contributed by atoms with Crippen LogP contribution >= 0.6 is 12.4 Å². The van der Waals surface area contributed by atoms with Crippen molar-refractivity contribution in [2.75, 3.05) is 45.8 Å². The summed E-state index contributed by atoms with van der Waals surface area (Å²) in [5.41, 5.74) is 0. The molecule has 1 N–H and O–H groups in total. The maximum Gasteiger partial charge on any atom is 0.251 e. The van der Waals surface area contributed by atoms with Gasteiger partial charge in [0.15, 0.2) is 0 Å². The van der Waals surface area contributed by atoms with Gasteiger partial charge in [-0.05, 0) is 6.42 Å². The molecule has 2 rings (SSSR count). The maximum atomic E-state index is 12.3. The number of halogens is 3. The van der Waals surface area contributed by atoms with Gasteiger partial charge in [0.05, 0.1) is 12.5 Å². The molecule has 0 unspecified atom stereocenters. The highest BCUT2D eigenvalue weighted by molar-refractivity contribution is 5.85. The molecule has 2 aliphatic rings. The van der Waals surface area contributed by atoms with Crippen LogP contribution in [0.5, 0.6) is 0 Å². The van der Waals surface area contributed by atoms with Crippen molar-refractivity contribution in [2.24, 2.45) is 5.92 Å². The number of amides is 1. The molecule has 106 valence electrons.